The molecule has 0 spiro atoms. The van der Waals surface area contributed by atoms with E-state index in [1.54, 1.807) is 24.3 Å². The van der Waals surface area contributed by atoms with Crippen LogP contribution in [0.1, 0.15) is 19.3 Å². The van der Waals surface area contributed by atoms with Crippen LogP contribution in [0.3, 0.4) is 0 Å². The number of hydrogen-bond donors (Lipinski definition) is 3. The highest BCUT2D eigenvalue weighted by molar-refractivity contribution is 7.15. The number of nitrogens with two attached hydrogens (primary N) is 1. The number of benzene rings is 1. The van der Waals surface area contributed by atoms with Crippen LogP contribution in [0.5, 0.6) is 0 Å². The number of carbonyl (C=O) groups excluding carboxylic acids is 1. The van der Waals surface area contributed by atoms with Gasteiger partial charge in [-0.05, 0) is 24.3 Å². The van der Waals surface area contributed by atoms with Crippen molar-refractivity contribution in [1.29, 1.82) is 0 Å². The van der Waals surface area contributed by atoms with Gasteiger partial charge in [0.25, 0.3) is 5.91 Å². The second kappa shape index (κ2) is 4.89. The number of aromatic carboxylic acids is 1. The third-order valence-corrected chi connectivity index (χ3v) is 3.32. The standard InChI is InChI=1S/C12H10N2O3S/c13-7-3-1-2-4-8(7)14-11(15)9-5-6-10(18-9)12(16)17/h1-6H,13H2,(H,14,15)(H,16,17). The number of amides is 1. The number of nitrogen functional groups attached to an aromatic ring is 1. The van der Waals surface area contributed by atoms with Gasteiger partial charge in [-0.2, -0.15) is 0 Å². The average molecular weight is 262 g/mol. The molecule has 18 heavy (non-hydrogen) atoms. The van der Waals surface area contributed by atoms with Crippen LogP contribution in [-0.4, -0.2) is 17.0 Å². The van der Waals surface area contributed by atoms with E-state index >= 15 is 0 Å². The normalized spacial score (nSPS) is 10.0. The van der Waals surface area contributed by atoms with Crippen LogP contribution in [0.25, 0.3) is 0 Å². The molecule has 1 aromatic carbocycles. The summed E-state index contributed by atoms with van der Waals surface area (Å²) >= 11 is 0.922. The van der Waals surface area contributed by atoms with E-state index in [0.29, 0.717) is 16.3 Å². The molecule has 2 aromatic rings. The molecule has 5 nitrogen and oxygen atoms in total. The summed E-state index contributed by atoms with van der Waals surface area (Å²) in [6.07, 6.45) is 0. The van der Waals surface area contributed by atoms with Gasteiger partial charge in [0.2, 0.25) is 0 Å². The Hall–Kier alpha value is -2.34. The van der Waals surface area contributed by atoms with Gasteiger partial charge in [0.15, 0.2) is 0 Å². The number of carbonyl (C=O) groups is 2. The van der Waals surface area contributed by atoms with Crippen molar-refractivity contribution >= 4 is 34.6 Å². The van der Waals surface area contributed by atoms with E-state index < -0.39 is 5.97 Å². The Labute approximate surface area is 107 Å². The van der Waals surface area contributed by atoms with E-state index in [0.717, 1.165) is 11.3 Å². The lowest BCUT2D eigenvalue weighted by Crippen LogP contribution is -2.11. The van der Waals surface area contributed by atoms with Crippen LogP contribution >= 0.6 is 11.3 Å². The maximum atomic E-state index is 11.9. The van der Waals surface area contributed by atoms with Gasteiger partial charge in [-0.25, -0.2) is 4.79 Å². The maximum Gasteiger partial charge on any atom is 0.345 e. The average Bonchev–Trinajstić information content (AvgIpc) is 2.81. The highest BCUT2D eigenvalue weighted by Crippen LogP contribution is 2.21. The van der Waals surface area contributed by atoms with Crippen molar-refractivity contribution in [2.24, 2.45) is 0 Å². The Kier molecular flexibility index (Phi) is 3.29. The first-order chi connectivity index (χ1) is 8.58. The van der Waals surface area contributed by atoms with Crippen molar-refractivity contribution in [3.05, 3.63) is 46.2 Å². The first-order valence-electron chi connectivity index (χ1n) is 5.07. The molecule has 1 amide bonds. The van der Waals surface area contributed by atoms with Crippen molar-refractivity contribution < 1.29 is 14.7 Å². The van der Waals surface area contributed by atoms with Crippen LogP contribution in [0.4, 0.5) is 11.4 Å². The molecular weight excluding hydrogens is 252 g/mol. The summed E-state index contributed by atoms with van der Waals surface area (Å²) in [5.41, 5.74) is 6.66. The van der Waals surface area contributed by atoms with Gasteiger partial charge in [-0.3, -0.25) is 4.79 Å². The number of rotatable bonds is 3. The highest BCUT2D eigenvalue weighted by Gasteiger charge is 2.13. The molecule has 1 aromatic heterocycles. The van der Waals surface area contributed by atoms with Crippen molar-refractivity contribution in [1.82, 2.24) is 0 Å². The first-order valence-corrected chi connectivity index (χ1v) is 5.88. The number of carboxylic acid groups (broad SMARTS) is 1. The maximum absolute atomic E-state index is 11.9. The SMILES string of the molecule is Nc1ccccc1NC(=O)c1ccc(C(=O)O)s1. The molecule has 6 heteroatoms. The minimum Gasteiger partial charge on any atom is -0.477 e. The zero-order chi connectivity index (χ0) is 13.1. The monoisotopic (exact) mass is 262 g/mol. The Morgan fingerprint density at radius 1 is 1.11 bits per heavy atom. The number of para-hydroxylation sites is 2. The van der Waals surface area contributed by atoms with Crippen LogP contribution in [-0.2, 0) is 0 Å². The van der Waals surface area contributed by atoms with E-state index in [1.807, 2.05) is 0 Å². The summed E-state index contributed by atoms with van der Waals surface area (Å²) in [5, 5.41) is 11.4. The zero-order valence-electron chi connectivity index (χ0n) is 9.21. The molecule has 0 aliphatic heterocycles. The molecule has 0 radical (unpaired) electrons. The molecule has 0 unspecified atom stereocenters. The largest absolute Gasteiger partial charge is 0.477 e. The Bertz CT molecular complexity index is 607. The molecule has 92 valence electrons. The number of anilines is 2. The predicted octanol–water partition coefficient (Wildman–Crippen LogP) is 2.28. The van der Waals surface area contributed by atoms with E-state index in [2.05, 4.69) is 5.32 Å². The lowest BCUT2D eigenvalue weighted by Gasteiger charge is -2.05. The summed E-state index contributed by atoms with van der Waals surface area (Å²) in [6, 6.07) is 9.74. The van der Waals surface area contributed by atoms with Crippen molar-refractivity contribution in [3.63, 3.8) is 0 Å². The second-order valence-electron chi connectivity index (χ2n) is 3.51. The zero-order valence-corrected chi connectivity index (χ0v) is 10.0. The van der Waals surface area contributed by atoms with Crippen molar-refractivity contribution in [3.8, 4) is 0 Å². The van der Waals surface area contributed by atoms with E-state index in [4.69, 9.17) is 10.8 Å². The molecule has 0 saturated carbocycles. The van der Waals surface area contributed by atoms with Gasteiger partial charge >= 0.3 is 5.97 Å². The first kappa shape index (κ1) is 12.1. The molecule has 0 aliphatic carbocycles. The third kappa shape index (κ3) is 2.49. The summed E-state index contributed by atoms with van der Waals surface area (Å²) in [6.45, 7) is 0. The lowest BCUT2D eigenvalue weighted by atomic mass is 10.2. The Balaban J connectivity index is 2.17. The fourth-order valence-corrected chi connectivity index (χ4v) is 2.11. The third-order valence-electron chi connectivity index (χ3n) is 2.25. The minimum absolute atomic E-state index is 0.126. The second-order valence-corrected chi connectivity index (χ2v) is 4.59. The van der Waals surface area contributed by atoms with Crippen LogP contribution < -0.4 is 11.1 Å². The molecule has 0 atom stereocenters. The Morgan fingerprint density at radius 2 is 1.78 bits per heavy atom. The van der Waals surface area contributed by atoms with E-state index in [1.165, 1.54) is 12.1 Å². The number of thiophene rings is 1. The van der Waals surface area contributed by atoms with Gasteiger partial charge < -0.3 is 16.2 Å². The fourth-order valence-electron chi connectivity index (χ4n) is 1.37. The molecule has 1 heterocycles. The van der Waals surface area contributed by atoms with Crippen LogP contribution in [0.2, 0.25) is 0 Å². The Morgan fingerprint density at radius 3 is 2.39 bits per heavy atom. The smallest absolute Gasteiger partial charge is 0.345 e. The predicted molar refractivity (Wildman–Crippen MR) is 70.1 cm³/mol. The van der Waals surface area contributed by atoms with Crippen LogP contribution in [0, 0.1) is 0 Å². The number of carboxylic acids is 1. The molecule has 4 N–H and O–H groups in total. The van der Waals surface area contributed by atoms with Crippen molar-refractivity contribution in [2.75, 3.05) is 11.1 Å². The summed E-state index contributed by atoms with van der Waals surface area (Å²) in [7, 11) is 0. The van der Waals surface area contributed by atoms with Crippen LogP contribution in [0.15, 0.2) is 36.4 Å². The highest BCUT2D eigenvalue weighted by atomic mass is 32.1. The minimum atomic E-state index is -1.04. The van der Waals surface area contributed by atoms with Gasteiger partial charge in [0.1, 0.15) is 4.88 Å². The molecular formula is C12H10N2O3S. The molecule has 0 fully saturated rings. The quantitative estimate of drug-likeness (QED) is 0.740. The van der Waals surface area contributed by atoms with Gasteiger partial charge in [-0.1, -0.05) is 12.1 Å². The summed E-state index contributed by atoms with van der Waals surface area (Å²) < 4.78 is 0. The molecule has 0 aliphatic rings. The van der Waals surface area contributed by atoms with E-state index in [9.17, 15) is 9.59 Å². The van der Waals surface area contributed by atoms with Gasteiger partial charge in [0.05, 0.1) is 16.3 Å². The van der Waals surface area contributed by atoms with Gasteiger partial charge in [0, 0.05) is 0 Å². The summed E-state index contributed by atoms with van der Waals surface area (Å²) in [5.74, 6) is -1.41. The topological polar surface area (TPSA) is 92.4 Å². The summed E-state index contributed by atoms with van der Waals surface area (Å²) in [4.78, 5) is 23.0. The molecule has 2 rings (SSSR count). The van der Waals surface area contributed by atoms with Crippen molar-refractivity contribution in [2.45, 2.75) is 0 Å². The number of nitrogens with one attached hydrogen (secondary N) is 1. The molecule has 0 saturated heterocycles. The lowest BCUT2D eigenvalue weighted by molar-refractivity contribution is 0.0702. The molecule has 0 bridgehead atoms. The number of hydrogen-bond acceptors (Lipinski definition) is 4. The van der Waals surface area contributed by atoms with Gasteiger partial charge in [-0.15, -0.1) is 11.3 Å². The fraction of sp³-hybridized carbons (Fsp3) is 0. The van der Waals surface area contributed by atoms with E-state index in [-0.39, 0.29) is 10.8 Å².